The molecular formula is C34H41Cl2N3O4S. The van der Waals surface area contributed by atoms with Crippen molar-refractivity contribution in [3.05, 3.63) is 99.5 Å². The van der Waals surface area contributed by atoms with Crippen LogP contribution in [-0.4, -0.2) is 50.0 Å². The summed E-state index contributed by atoms with van der Waals surface area (Å²) in [5, 5.41) is 4.00. The summed E-state index contributed by atoms with van der Waals surface area (Å²) < 4.78 is 26.7. The fourth-order valence-corrected chi connectivity index (χ4v) is 7.00. The number of nitrogens with zero attached hydrogens (tertiary/aromatic N) is 2. The van der Waals surface area contributed by atoms with Crippen molar-refractivity contribution in [2.24, 2.45) is 0 Å². The predicted octanol–water partition coefficient (Wildman–Crippen LogP) is 6.94. The van der Waals surface area contributed by atoms with Gasteiger partial charge in [0.1, 0.15) is 6.04 Å². The Labute approximate surface area is 271 Å². The van der Waals surface area contributed by atoms with Gasteiger partial charge in [0.2, 0.25) is 21.8 Å². The molecule has 4 rings (SSSR count). The molecule has 3 aromatic rings. The van der Waals surface area contributed by atoms with Gasteiger partial charge >= 0.3 is 0 Å². The number of halogens is 2. The standard InChI is InChI=1S/C34H41Cl2N3O4S/c1-25-11-9-16-29(21-25)39(44(2,42)43)20-10-17-33(40)38(24-27-18-19-30(35)31(36)22-27)32(23-26-12-5-3-6-13-26)34(41)37-28-14-7-4-8-15-28/h3,5-6,9,11-13,16,18-19,21-22,28,32H,4,7-8,10,14-15,17,20,23-24H2,1-2H3,(H,37,41)/t32-/m0/s1. The molecule has 0 heterocycles. The largest absolute Gasteiger partial charge is 0.352 e. The first-order chi connectivity index (χ1) is 21.0. The van der Waals surface area contributed by atoms with Gasteiger partial charge in [-0.3, -0.25) is 13.9 Å². The van der Waals surface area contributed by atoms with Crippen LogP contribution >= 0.6 is 23.2 Å². The molecule has 0 spiro atoms. The number of sulfonamides is 1. The molecule has 7 nitrogen and oxygen atoms in total. The van der Waals surface area contributed by atoms with Crippen LogP contribution in [0.15, 0.2) is 72.8 Å². The smallest absolute Gasteiger partial charge is 0.243 e. The van der Waals surface area contributed by atoms with Crippen molar-refractivity contribution in [2.75, 3.05) is 17.1 Å². The summed E-state index contributed by atoms with van der Waals surface area (Å²) in [4.78, 5) is 29.6. The van der Waals surface area contributed by atoms with E-state index in [2.05, 4.69) is 5.32 Å². The Morgan fingerprint density at radius 3 is 2.30 bits per heavy atom. The molecule has 2 amide bonds. The van der Waals surface area contributed by atoms with Crippen molar-refractivity contribution >= 4 is 50.7 Å². The lowest BCUT2D eigenvalue weighted by Crippen LogP contribution is -2.52. The molecule has 1 N–H and O–H groups in total. The lowest BCUT2D eigenvalue weighted by atomic mass is 9.94. The number of rotatable bonds is 13. The van der Waals surface area contributed by atoms with Crippen LogP contribution in [0, 0.1) is 6.92 Å². The number of nitrogens with one attached hydrogen (secondary N) is 1. The number of hydrogen-bond donors (Lipinski definition) is 1. The fraction of sp³-hybridized carbons (Fsp3) is 0.412. The van der Waals surface area contributed by atoms with Crippen LogP contribution < -0.4 is 9.62 Å². The topological polar surface area (TPSA) is 86.8 Å². The molecule has 0 unspecified atom stereocenters. The maximum Gasteiger partial charge on any atom is 0.243 e. The average Bonchev–Trinajstić information content (AvgIpc) is 2.99. The third kappa shape index (κ3) is 9.71. The van der Waals surface area contributed by atoms with Crippen molar-refractivity contribution in [1.82, 2.24) is 10.2 Å². The molecule has 0 bridgehead atoms. The molecule has 0 saturated heterocycles. The zero-order valence-electron chi connectivity index (χ0n) is 25.3. The van der Waals surface area contributed by atoms with Crippen LogP contribution in [0.1, 0.15) is 61.6 Å². The zero-order valence-corrected chi connectivity index (χ0v) is 27.7. The van der Waals surface area contributed by atoms with E-state index < -0.39 is 16.1 Å². The second kappa shape index (κ2) is 15.8. The van der Waals surface area contributed by atoms with Gasteiger partial charge < -0.3 is 10.2 Å². The Morgan fingerprint density at radius 1 is 0.909 bits per heavy atom. The summed E-state index contributed by atoms with van der Waals surface area (Å²) in [5.74, 6) is -0.430. The van der Waals surface area contributed by atoms with Crippen molar-refractivity contribution in [1.29, 1.82) is 0 Å². The molecule has 10 heteroatoms. The maximum absolute atomic E-state index is 14.1. The Kier molecular flexibility index (Phi) is 12.1. The van der Waals surface area contributed by atoms with Gasteiger partial charge in [0.05, 0.1) is 22.0 Å². The van der Waals surface area contributed by atoms with E-state index in [4.69, 9.17) is 23.2 Å². The first kappa shape index (κ1) is 33.8. The number of anilines is 1. The van der Waals surface area contributed by atoms with Crippen LogP contribution in [-0.2, 0) is 32.6 Å². The Hall–Kier alpha value is -3.07. The first-order valence-electron chi connectivity index (χ1n) is 15.1. The Balaban J connectivity index is 1.61. The van der Waals surface area contributed by atoms with Crippen molar-refractivity contribution < 1.29 is 18.0 Å². The monoisotopic (exact) mass is 657 g/mol. The van der Waals surface area contributed by atoms with Gasteiger partial charge in [-0.15, -0.1) is 0 Å². The molecular weight excluding hydrogens is 617 g/mol. The highest BCUT2D eigenvalue weighted by Crippen LogP contribution is 2.26. The zero-order chi connectivity index (χ0) is 31.7. The van der Waals surface area contributed by atoms with E-state index >= 15 is 0 Å². The molecule has 1 atom stereocenters. The molecule has 0 radical (unpaired) electrons. The van der Waals surface area contributed by atoms with Crippen LogP contribution in [0.3, 0.4) is 0 Å². The molecule has 1 saturated carbocycles. The van der Waals surface area contributed by atoms with Crippen LogP contribution in [0.25, 0.3) is 0 Å². The molecule has 3 aromatic carbocycles. The lowest BCUT2D eigenvalue weighted by molar-refractivity contribution is -0.141. The maximum atomic E-state index is 14.1. The number of hydrogen-bond acceptors (Lipinski definition) is 4. The fourth-order valence-electron chi connectivity index (χ4n) is 5.72. The molecule has 1 fully saturated rings. The molecule has 0 aromatic heterocycles. The summed E-state index contributed by atoms with van der Waals surface area (Å²) in [6, 6.07) is 21.4. The van der Waals surface area contributed by atoms with Gasteiger partial charge in [0.15, 0.2) is 0 Å². The quantitative estimate of drug-likeness (QED) is 0.216. The molecule has 236 valence electrons. The number of carbonyl (C=O) groups is 2. The molecule has 1 aliphatic carbocycles. The SMILES string of the molecule is Cc1cccc(N(CCCC(=O)N(Cc2ccc(Cl)c(Cl)c2)[C@@H](Cc2ccccc2)C(=O)NC2CCCCC2)S(C)(=O)=O)c1. The van der Waals surface area contributed by atoms with Gasteiger partial charge in [0.25, 0.3) is 0 Å². The highest BCUT2D eigenvalue weighted by molar-refractivity contribution is 7.92. The highest BCUT2D eigenvalue weighted by Gasteiger charge is 2.32. The van der Waals surface area contributed by atoms with E-state index in [1.54, 1.807) is 29.2 Å². The van der Waals surface area contributed by atoms with E-state index in [-0.39, 0.29) is 43.8 Å². The Bertz CT molecular complexity index is 1530. The summed E-state index contributed by atoms with van der Waals surface area (Å²) in [7, 11) is -3.58. The van der Waals surface area contributed by atoms with E-state index in [0.717, 1.165) is 48.8 Å². The summed E-state index contributed by atoms with van der Waals surface area (Å²) >= 11 is 12.5. The number of benzene rings is 3. The van der Waals surface area contributed by atoms with Crippen LogP contribution in [0.5, 0.6) is 0 Å². The highest BCUT2D eigenvalue weighted by atomic mass is 35.5. The molecule has 44 heavy (non-hydrogen) atoms. The van der Waals surface area contributed by atoms with E-state index in [1.165, 1.54) is 10.6 Å². The average molecular weight is 659 g/mol. The molecule has 0 aliphatic heterocycles. The normalized spacial score (nSPS) is 14.5. The van der Waals surface area contributed by atoms with Gasteiger partial charge in [-0.1, -0.05) is 91.0 Å². The summed E-state index contributed by atoms with van der Waals surface area (Å²) in [6.45, 7) is 2.19. The number of carbonyl (C=O) groups excluding carboxylic acids is 2. The number of aryl methyl sites for hydroxylation is 1. The molecule has 1 aliphatic rings. The van der Waals surface area contributed by atoms with Crippen molar-refractivity contribution in [2.45, 2.75) is 76.9 Å². The minimum absolute atomic E-state index is 0.0567. The summed E-state index contributed by atoms with van der Waals surface area (Å²) in [6.07, 6.45) is 6.98. The first-order valence-corrected chi connectivity index (χ1v) is 17.7. The number of amides is 2. The van der Waals surface area contributed by atoms with Crippen LogP contribution in [0.2, 0.25) is 10.0 Å². The van der Waals surface area contributed by atoms with E-state index in [1.807, 2.05) is 55.5 Å². The van der Waals surface area contributed by atoms with E-state index in [9.17, 15) is 18.0 Å². The predicted molar refractivity (Wildman–Crippen MR) is 179 cm³/mol. The van der Waals surface area contributed by atoms with Gasteiger partial charge in [0, 0.05) is 32.0 Å². The van der Waals surface area contributed by atoms with Gasteiger partial charge in [-0.2, -0.15) is 0 Å². The Morgan fingerprint density at radius 2 is 1.64 bits per heavy atom. The van der Waals surface area contributed by atoms with Gasteiger partial charge in [-0.25, -0.2) is 8.42 Å². The third-order valence-corrected chi connectivity index (χ3v) is 9.93. The minimum atomic E-state index is -3.58. The lowest BCUT2D eigenvalue weighted by Gasteiger charge is -2.34. The van der Waals surface area contributed by atoms with Crippen LogP contribution in [0.4, 0.5) is 5.69 Å². The second-order valence-corrected chi connectivity index (χ2v) is 14.3. The van der Waals surface area contributed by atoms with E-state index in [0.29, 0.717) is 22.2 Å². The summed E-state index contributed by atoms with van der Waals surface area (Å²) in [5.41, 5.74) is 3.17. The van der Waals surface area contributed by atoms with Gasteiger partial charge in [-0.05, 0) is 67.1 Å². The third-order valence-electron chi connectivity index (χ3n) is 8.00. The second-order valence-electron chi connectivity index (χ2n) is 11.6. The minimum Gasteiger partial charge on any atom is -0.352 e. The van der Waals surface area contributed by atoms with Crippen molar-refractivity contribution in [3.63, 3.8) is 0 Å². The van der Waals surface area contributed by atoms with Crippen molar-refractivity contribution in [3.8, 4) is 0 Å².